The van der Waals surface area contributed by atoms with Crippen LogP contribution in [0.2, 0.25) is 0 Å². The van der Waals surface area contributed by atoms with Crippen LogP contribution in [0.3, 0.4) is 0 Å². The number of amides is 1. The number of thiazole rings is 1. The van der Waals surface area contributed by atoms with Crippen molar-refractivity contribution in [2.45, 2.75) is 6.61 Å². The minimum Gasteiger partial charge on any atom is -0.489 e. The molecule has 0 spiro atoms. The summed E-state index contributed by atoms with van der Waals surface area (Å²) in [4.78, 5) is 27.1. The van der Waals surface area contributed by atoms with Gasteiger partial charge >= 0.3 is 0 Å². The Hall–Kier alpha value is -3.52. The Morgan fingerprint density at radius 2 is 1.84 bits per heavy atom. The van der Waals surface area contributed by atoms with Crippen molar-refractivity contribution < 1.29 is 13.9 Å². The normalized spacial score (nSPS) is 14.0. The van der Waals surface area contributed by atoms with E-state index in [0.717, 1.165) is 34.1 Å². The summed E-state index contributed by atoms with van der Waals surface area (Å²) in [6.07, 6.45) is 1.78. The molecule has 5 rings (SSSR count). The van der Waals surface area contributed by atoms with E-state index in [-0.39, 0.29) is 11.7 Å². The van der Waals surface area contributed by atoms with E-state index in [1.54, 1.807) is 41.8 Å². The van der Waals surface area contributed by atoms with Crippen molar-refractivity contribution in [3.63, 3.8) is 0 Å². The van der Waals surface area contributed by atoms with Crippen LogP contribution < -0.4 is 9.64 Å². The van der Waals surface area contributed by atoms with E-state index >= 15 is 0 Å². The summed E-state index contributed by atoms with van der Waals surface area (Å²) in [7, 11) is 0. The van der Waals surface area contributed by atoms with Gasteiger partial charge in [0.25, 0.3) is 5.91 Å². The van der Waals surface area contributed by atoms with E-state index in [0.29, 0.717) is 31.0 Å². The lowest BCUT2D eigenvalue weighted by Crippen LogP contribution is -2.48. The Balaban J connectivity index is 1.20. The number of carbonyl (C=O) groups excluding carboxylic acids is 1. The molecule has 0 bridgehead atoms. The summed E-state index contributed by atoms with van der Waals surface area (Å²) in [6.45, 7) is 3.03. The van der Waals surface area contributed by atoms with Crippen LogP contribution in [0.5, 0.6) is 5.75 Å². The molecule has 2 aromatic heterocycles. The monoisotopic (exact) mass is 448 g/mol. The molecule has 3 heterocycles. The van der Waals surface area contributed by atoms with Crippen LogP contribution in [0, 0.1) is 5.82 Å². The first-order chi connectivity index (χ1) is 15.7. The number of fused-ring (bicyclic) bond motifs is 1. The smallest absolute Gasteiger partial charge is 0.254 e. The number of carbonyl (C=O) groups is 1. The fourth-order valence-electron chi connectivity index (χ4n) is 3.64. The van der Waals surface area contributed by atoms with Crippen LogP contribution >= 0.6 is 11.3 Å². The van der Waals surface area contributed by atoms with Crippen molar-refractivity contribution >= 4 is 32.7 Å². The molecule has 1 saturated heterocycles. The molecule has 8 heteroatoms. The maximum Gasteiger partial charge on any atom is 0.254 e. The largest absolute Gasteiger partial charge is 0.489 e. The maximum absolute atomic E-state index is 13.0. The topological polar surface area (TPSA) is 58.6 Å². The van der Waals surface area contributed by atoms with Gasteiger partial charge < -0.3 is 14.5 Å². The molecule has 1 amide bonds. The van der Waals surface area contributed by atoms with Gasteiger partial charge in [-0.1, -0.05) is 29.5 Å². The molecule has 0 N–H and O–H groups in total. The van der Waals surface area contributed by atoms with Gasteiger partial charge in [0.1, 0.15) is 28.5 Å². The number of ether oxygens (including phenoxy) is 1. The summed E-state index contributed by atoms with van der Waals surface area (Å²) in [5.41, 5.74) is 2.37. The third-order valence-electron chi connectivity index (χ3n) is 5.39. The quantitative estimate of drug-likeness (QED) is 0.454. The maximum atomic E-state index is 13.0. The zero-order valence-corrected chi connectivity index (χ0v) is 18.1. The highest BCUT2D eigenvalue weighted by atomic mass is 32.1. The second-order valence-electron chi connectivity index (χ2n) is 7.55. The molecule has 0 saturated carbocycles. The summed E-state index contributed by atoms with van der Waals surface area (Å²) in [5, 5.41) is 0.946. The number of piperazine rings is 1. The average molecular weight is 449 g/mol. The predicted octanol–water partition coefficient (Wildman–Crippen LogP) is 4.37. The number of rotatable bonds is 5. The van der Waals surface area contributed by atoms with Crippen molar-refractivity contribution in [1.82, 2.24) is 14.9 Å². The summed E-state index contributed by atoms with van der Waals surface area (Å²) < 4.78 is 18.8. The fourth-order valence-corrected chi connectivity index (χ4v) is 4.60. The fraction of sp³-hybridized carbons (Fsp3) is 0.208. The van der Waals surface area contributed by atoms with Crippen LogP contribution in [0.15, 0.2) is 66.9 Å². The van der Waals surface area contributed by atoms with Crippen molar-refractivity contribution in [3.8, 4) is 5.75 Å². The zero-order chi connectivity index (χ0) is 21.9. The summed E-state index contributed by atoms with van der Waals surface area (Å²) >= 11 is 1.58. The number of halogens is 1. The highest BCUT2D eigenvalue weighted by Crippen LogP contribution is 2.28. The highest BCUT2D eigenvalue weighted by Gasteiger charge is 2.24. The van der Waals surface area contributed by atoms with Crippen LogP contribution in [-0.2, 0) is 6.61 Å². The number of hydrogen-bond acceptors (Lipinski definition) is 6. The third-order valence-corrected chi connectivity index (χ3v) is 6.43. The number of pyridine rings is 1. The van der Waals surface area contributed by atoms with Crippen LogP contribution in [-0.4, -0.2) is 47.0 Å². The summed E-state index contributed by atoms with van der Waals surface area (Å²) in [5.74, 6) is 0.324. The van der Waals surface area contributed by atoms with Gasteiger partial charge in [-0.2, -0.15) is 0 Å². The van der Waals surface area contributed by atoms with E-state index in [1.807, 2.05) is 29.2 Å². The second kappa shape index (κ2) is 8.92. The Kier molecular flexibility index (Phi) is 5.68. The number of nitrogens with zero attached hydrogens (tertiary/aromatic N) is 4. The third kappa shape index (κ3) is 4.40. The molecule has 1 fully saturated rings. The average Bonchev–Trinajstić information content (AvgIpc) is 3.28. The van der Waals surface area contributed by atoms with Gasteiger partial charge in [0, 0.05) is 37.9 Å². The van der Waals surface area contributed by atoms with E-state index in [1.165, 1.54) is 12.1 Å². The van der Waals surface area contributed by atoms with Crippen molar-refractivity contribution in [2.24, 2.45) is 0 Å². The lowest BCUT2D eigenvalue weighted by molar-refractivity contribution is 0.0746. The number of hydrogen-bond donors (Lipinski definition) is 0. The van der Waals surface area contributed by atoms with Gasteiger partial charge in [0.15, 0.2) is 5.13 Å². The van der Waals surface area contributed by atoms with E-state index in [9.17, 15) is 9.18 Å². The number of anilines is 1. The molecule has 32 heavy (non-hydrogen) atoms. The van der Waals surface area contributed by atoms with Gasteiger partial charge in [-0.15, -0.1) is 0 Å². The second-order valence-corrected chi connectivity index (χ2v) is 8.50. The Morgan fingerprint density at radius 1 is 1.03 bits per heavy atom. The zero-order valence-electron chi connectivity index (χ0n) is 17.3. The van der Waals surface area contributed by atoms with Crippen LogP contribution in [0.4, 0.5) is 9.52 Å². The molecule has 162 valence electrons. The molecule has 0 unspecified atom stereocenters. The molecule has 1 aliphatic heterocycles. The SMILES string of the molecule is O=C(c1cccc(OCc2ccc(F)cc2)c1)N1CCN(c2nc3cccnc3s2)CC1. The first-order valence-corrected chi connectivity index (χ1v) is 11.2. The van der Waals surface area contributed by atoms with Gasteiger partial charge in [0.2, 0.25) is 0 Å². The van der Waals surface area contributed by atoms with Crippen LogP contribution in [0.1, 0.15) is 15.9 Å². The van der Waals surface area contributed by atoms with E-state index < -0.39 is 0 Å². The van der Waals surface area contributed by atoms with Gasteiger partial charge in [-0.05, 0) is 48.0 Å². The molecule has 4 aromatic rings. The first kappa shape index (κ1) is 20.4. The number of benzene rings is 2. The summed E-state index contributed by atoms with van der Waals surface area (Å²) in [6, 6.07) is 17.2. The molecular formula is C24H21FN4O2S. The van der Waals surface area contributed by atoms with Gasteiger partial charge in [0.05, 0.1) is 0 Å². The molecule has 2 aromatic carbocycles. The van der Waals surface area contributed by atoms with Crippen molar-refractivity contribution in [1.29, 1.82) is 0 Å². The minimum absolute atomic E-state index is 0.0113. The highest BCUT2D eigenvalue weighted by molar-refractivity contribution is 7.21. The first-order valence-electron chi connectivity index (χ1n) is 10.4. The number of aromatic nitrogens is 2. The molecular weight excluding hydrogens is 427 g/mol. The van der Waals surface area contributed by atoms with E-state index in [4.69, 9.17) is 4.74 Å². The Labute approximate surface area is 188 Å². The van der Waals surface area contributed by atoms with Crippen molar-refractivity contribution in [2.75, 3.05) is 31.1 Å². The molecule has 6 nitrogen and oxygen atoms in total. The van der Waals surface area contributed by atoms with Crippen LogP contribution in [0.25, 0.3) is 10.3 Å². The van der Waals surface area contributed by atoms with Gasteiger partial charge in [-0.25, -0.2) is 14.4 Å². The molecule has 1 aliphatic rings. The predicted molar refractivity (Wildman–Crippen MR) is 123 cm³/mol. The standard InChI is InChI=1S/C24H21FN4O2S/c25-19-8-6-17(7-9-19)16-31-20-4-1-3-18(15-20)23(30)28-11-13-29(14-12-28)24-27-21-5-2-10-26-22(21)32-24/h1-10,15H,11-14,16H2. The molecule has 0 radical (unpaired) electrons. The molecule has 0 aliphatic carbocycles. The lowest BCUT2D eigenvalue weighted by atomic mass is 10.1. The lowest BCUT2D eigenvalue weighted by Gasteiger charge is -2.34. The molecule has 0 atom stereocenters. The van der Waals surface area contributed by atoms with E-state index in [2.05, 4.69) is 14.9 Å². The Bertz CT molecular complexity index is 1200. The minimum atomic E-state index is -0.277. The van der Waals surface area contributed by atoms with Gasteiger partial charge in [-0.3, -0.25) is 4.79 Å². The Morgan fingerprint density at radius 3 is 2.62 bits per heavy atom. The van der Waals surface area contributed by atoms with Crippen molar-refractivity contribution in [3.05, 3.63) is 83.8 Å².